The van der Waals surface area contributed by atoms with E-state index >= 15 is 0 Å². The minimum atomic E-state index is -3.28. The van der Waals surface area contributed by atoms with Gasteiger partial charge in [-0.15, -0.1) is 0 Å². The Morgan fingerprint density at radius 1 is 1.03 bits per heavy atom. The normalized spacial score (nSPS) is 13.5. The molecule has 0 spiro atoms. The first-order chi connectivity index (χ1) is 17.8. The van der Waals surface area contributed by atoms with E-state index in [0.29, 0.717) is 28.9 Å². The Labute approximate surface area is 220 Å². The van der Waals surface area contributed by atoms with Gasteiger partial charge in [0, 0.05) is 35.0 Å². The van der Waals surface area contributed by atoms with Crippen LogP contribution in [0.2, 0.25) is 5.02 Å². The molecular weight excluding hydrogens is 508 g/mol. The second-order valence-corrected chi connectivity index (χ2v) is 10.9. The summed E-state index contributed by atoms with van der Waals surface area (Å²) < 4.78 is 30.9. The molecule has 1 aromatic heterocycles. The average molecular weight is 531 g/mol. The lowest BCUT2D eigenvalue weighted by atomic mass is 10.1. The molecule has 1 aliphatic heterocycles. The molecule has 0 atom stereocenters. The predicted octanol–water partition coefficient (Wildman–Crippen LogP) is 6.11. The third-order valence-corrected chi connectivity index (χ3v) is 7.15. The van der Waals surface area contributed by atoms with Crippen LogP contribution in [0.4, 0.5) is 11.5 Å². The van der Waals surface area contributed by atoms with Crippen molar-refractivity contribution in [3.63, 3.8) is 0 Å². The lowest BCUT2D eigenvalue weighted by Gasteiger charge is -2.22. The van der Waals surface area contributed by atoms with Gasteiger partial charge in [-0.05, 0) is 61.4 Å². The van der Waals surface area contributed by atoms with Crippen LogP contribution in [0.25, 0.3) is 10.9 Å². The second-order valence-electron chi connectivity index (χ2n) is 8.52. The minimum absolute atomic E-state index is 0.461. The average Bonchev–Trinajstić information content (AvgIpc) is 2.89. The van der Waals surface area contributed by atoms with Crippen molar-refractivity contribution < 1.29 is 13.2 Å². The highest BCUT2D eigenvalue weighted by Gasteiger charge is 2.17. The number of allylic oxidation sites excluding steroid dienone is 1. The molecule has 3 aromatic carbocycles. The Bertz CT molecular complexity index is 1660. The molecule has 1 N–H and O–H groups in total. The zero-order chi connectivity index (χ0) is 25.8. The number of benzene rings is 3. The van der Waals surface area contributed by atoms with E-state index in [0.717, 1.165) is 40.6 Å². The van der Waals surface area contributed by atoms with E-state index in [1.165, 1.54) is 16.9 Å². The quantitative estimate of drug-likeness (QED) is 0.313. The van der Waals surface area contributed by atoms with Crippen molar-refractivity contribution in [3.8, 4) is 23.3 Å². The number of ether oxygens (including phenoxy) is 1. The number of nitrogens with one attached hydrogen (secondary N) is 1. The summed E-state index contributed by atoms with van der Waals surface area (Å²) in [6.45, 7) is 0.482. The van der Waals surface area contributed by atoms with Gasteiger partial charge < -0.3 is 10.1 Å². The van der Waals surface area contributed by atoms with Crippen molar-refractivity contribution >= 4 is 44.0 Å². The first-order valence-electron chi connectivity index (χ1n) is 11.6. The maximum Gasteiger partial charge on any atom is 0.231 e. The predicted molar refractivity (Wildman–Crippen MR) is 147 cm³/mol. The van der Waals surface area contributed by atoms with Gasteiger partial charge in [0.05, 0.1) is 16.8 Å². The molecule has 0 radical (unpaired) electrons. The molecule has 5 rings (SSSR count). The van der Waals surface area contributed by atoms with Crippen molar-refractivity contribution in [3.05, 3.63) is 95.4 Å². The Morgan fingerprint density at radius 3 is 2.65 bits per heavy atom. The number of halogens is 1. The van der Waals surface area contributed by atoms with Crippen molar-refractivity contribution in [1.82, 2.24) is 14.3 Å². The Balaban J connectivity index is 1.39. The number of rotatable bonds is 5. The van der Waals surface area contributed by atoms with Crippen molar-refractivity contribution in [1.29, 1.82) is 0 Å². The summed E-state index contributed by atoms with van der Waals surface area (Å²) in [6.07, 6.45) is 5.81. The fourth-order valence-corrected chi connectivity index (χ4v) is 4.88. The van der Waals surface area contributed by atoms with E-state index in [1.807, 2.05) is 54.6 Å². The zero-order valence-corrected chi connectivity index (χ0v) is 21.6. The summed E-state index contributed by atoms with van der Waals surface area (Å²) in [6, 6.07) is 20.6. The first kappa shape index (κ1) is 24.6. The fraction of sp³-hybridized carbons (Fsp3) is 0.143. The molecule has 0 fully saturated rings. The maximum atomic E-state index is 11.9. The maximum absolute atomic E-state index is 11.9. The van der Waals surface area contributed by atoms with E-state index < -0.39 is 10.0 Å². The van der Waals surface area contributed by atoms with Gasteiger partial charge >= 0.3 is 0 Å². The SMILES string of the molecule is CS(=O)(=O)N1C=C(C#Cc2ccc3ncnc(Nc4ccc(Oc5ccccc5)c(Cl)c4)c3c2)CCC1. The fourth-order valence-electron chi connectivity index (χ4n) is 3.88. The molecule has 7 nitrogen and oxygen atoms in total. The van der Waals surface area contributed by atoms with Gasteiger partial charge in [-0.1, -0.05) is 41.6 Å². The highest BCUT2D eigenvalue weighted by Crippen LogP contribution is 2.33. The van der Waals surface area contributed by atoms with Gasteiger partial charge in [0.25, 0.3) is 0 Å². The van der Waals surface area contributed by atoms with Gasteiger partial charge in [0.15, 0.2) is 0 Å². The Hall–Kier alpha value is -4.06. The van der Waals surface area contributed by atoms with Crippen molar-refractivity contribution in [2.45, 2.75) is 12.8 Å². The molecule has 37 heavy (non-hydrogen) atoms. The van der Waals surface area contributed by atoms with E-state index in [9.17, 15) is 8.42 Å². The molecule has 0 saturated heterocycles. The first-order valence-corrected chi connectivity index (χ1v) is 13.8. The van der Waals surface area contributed by atoms with Crippen LogP contribution in [0.1, 0.15) is 18.4 Å². The molecule has 2 heterocycles. The summed E-state index contributed by atoms with van der Waals surface area (Å²) in [7, 11) is -3.28. The Kier molecular flexibility index (Phi) is 6.99. The van der Waals surface area contributed by atoms with Crippen LogP contribution in [0.15, 0.2) is 84.8 Å². The third-order valence-electron chi connectivity index (χ3n) is 5.72. The van der Waals surface area contributed by atoms with E-state index in [-0.39, 0.29) is 0 Å². The summed E-state index contributed by atoms with van der Waals surface area (Å²) in [5.41, 5.74) is 3.06. The van der Waals surface area contributed by atoms with Gasteiger partial charge in [0.2, 0.25) is 10.0 Å². The van der Waals surface area contributed by atoms with E-state index in [1.54, 1.807) is 18.3 Å². The van der Waals surface area contributed by atoms with Crippen LogP contribution in [0.3, 0.4) is 0 Å². The van der Waals surface area contributed by atoms with Crippen LogP contribution in [0, 0.1) is 11.8 Å². The molecule has 0 aliphatic carbocycles. The summed E-state index contributed by atoms with van der Waals surface area (Å²) in [5.74, 6) is 8.13. The van der Waals surface area contributed by atoms with Crippen LogP contribution >= 0.6 is 11.6 Å². The standard InChI is InChI=1S/C28H23ClN4O3S/c1-37(34,35)33-15-5-6-21(18-33)10-9-20-11-13-26-24(16-20)28(31-19-30-26)32-22-12-14-27(25(29)17-22)36-23-7-3-2-4-8-23/h2-4,7-8,11-14,16-19H,5-6,15H2,1H3,(H,30,31,32). The van der Waals surface area contributed by atoms with Gasteiger partial charge in [-0.25, -0.2) is 18.4 Å². The molecule has 186 valence electrons. The summed E-state index contributed by atoms with van der Waals surface area (Å²) in [4.78, 5) is 8.78. The topological polar surface area (TPSA) is 84.4 Å². The smallest absolute Gasteiger partial charge is 0.231 e. The van der Waals surface area contributed by atoms with Crippen LogP contribution in [-0.2, 0) is 10.0 Å². The number of anilines is 2. The summed E-state index contributed by atoms with van der Waals surface area (Å²) in [5, 5.41) is 4.57. The monoisotopic (exact) mass is 530 g/mol. The number of nitrogens with zero attached hydrogens (tertiary/aromatic N) is 3. The van der Waals surface area contributed by atoms with Gasteiger partial charge in [0.1, 0.15) is 23.6 Å². The van der Waals surface area contributed by atoms with Crippen LogP contribution < -0.4 is 10.1 Å². The molecule has 9 heteroatoms. The van der Waals surface area contributed by atoms with E-state index in [4.69, 9.17) is 16.3 Å². The molecule has 0 unspecified atom stereocenters. The molecule has 0 amide bonds. The minimum Gasteiger partial charge on any atom is -0.456 e. The molecule has 0 bridgehead atoms. The zero-order valence-electron chi connectivity index (χ0n) is 20.0. The molecule has 1 aliphatic rings. The number of fused-ring (bicyclic) bond motifs is 1. The van der Waals surface area contributed by atoms with Crippen LogP contribution in [-0.4, -0.2) is 35.5 Å². The van der Waals surface area contributed by atoms with Gasteiger partial charge in [-0.3, -0.25) is 4.31 Å². The highest BCUT2D eigenvalue weighted by molar-refractivity contribution is 7.88. The molecular formula is C28H23ClN4O3S. The third kappa shape index (κ3) is 6.02. The number of aromatic nitrogens is 2. The molecule has 0 saturated carbocycles. The summed E-state index contributed by atoms with van der Waals surface area (Å²) >= 11 is 6.48. The largest absolute Gasteiger partial charge is 0.456 e. The Morgan fingerprint density at radius 2 is 1.86 bits per heavy atom. The van der Waals surface area contributed by atoms with E-state index in [2.05, 4.69) is 27.1 Å². The van der Waals surface area contributed by atoms with Crippen LogP contribution in [0.5, 0.6) is 11.5 Å². The molecule has 4 aromatic rings. The lowest BCUT2D eigenvalue weighted by Crippen LogP contribution is -2.28. The second kappa shape index (κ2) is 10.5. The highest BCUT2D eigenvalue weighted by atomic mass is 35.5. The van der Waals surface area contributed by atoms with Gasteiger partial charge in [-0.2, -0.15) is 0 Å². The lowest BCUT2D eigenvalue weighted by molar-refractivity contribution is 0.477. The number of hydrogen-bond acceptors (Lipinski definition) is 6. The van der Waals surface area contributed by atoms with Crippen molar-refractivity contribution in [2.24, 2.45) is 0 Å². The number of para-hydroxylation sites is 1. The van der Waals surface area contributed by atoms with Crippen molar-refractivity contribution in [2.75, 3.05) is 18.1 Å². The number of sulfonamides is 1. The number of hydrogen-bond donors (Lipinski definition) is 1.